The Labute approximate surface area is 125 Å². The number of rotatable bonds is 5. The minimum Gasteiger partial charge on any atom is -0.373 e. The normalized spacial score (nSPS) is 10.2. The van der Waals surface area contributed by atoms with Crippen LogP contribution in [0.25, 0.3) is 0 Å². The lowest BCUT2D eigenvalue weighted by molar-refractivity contribution is 0.0752. The van der Waals surface area contributed by atoms with E-state index in [-0.39, 0.29) is 5.91 Å². The molecule has 0 aliphatic heterocycles. The monoisotopic (exact) mass is 284 g/mol. The Bertz CT molecular complexity index is 613. The number of anilines is 1. The standard InChI is InChI=1S/C16H20N4O/c1-4-20(11-13-5-7-18-8-6-13)16(21)14-9-12(2)19-15(10-14)17-3/h5-10H,4,11H2,1-3H3,(H,17,19). The van der Waals surface area contributed by atoms with Crippen LogP contribution in [0.1, 0.15) is 28.5 Å². The Balaban J connectivity index is 2.22. The number of amides is 1. The van der Waals surface area contributed by atoms with E-state index >= 15 is 0 Å². The van der Waals surface area contributed by atoms with Gasteiger partial charge in [-0.15, -0.1) is 0 Å². The molecule has 0 aliphatic carbocycles. The lowest BCUT2D eigenvalue weighted by Crippen LogP contribution is -2.30. The molecular formula is C16H20N4O. The summed E-state index contributed by atoms with van der Waals surface area (Å²) in [5, 5.41) is 2.98. The highest BCUT2D eigenvalue weighted by atomic mass is 16.2. The van der Waals surface area contributed by atoms with Gasteiger partial charge < -0.3 is 10.2 Å². The molecule has 0 aliphatic rings. The number of hydrogen-bond acceptors (Lipinski definition) is 4. The summed E-state index contributed by atoms with van der Waals surface area (Å²) < 4.78 is 0. The van der Waals surface area contributed by atoms with Gasteiger partial charge in [-0.05, 0) is 43.7 Å². The lowest BCUT2D eigenvalue weighted by atomic mass is 10.1. The molecule has 0 saturated carbocycles. The van der Waals surface area contributed by atoms with Gasteiger partial charge in [-0.1, -0.05) is 0 Å². The highest BCUT2D eigenvalue weighted by molar-refractivity contribution is 5.95. The highest BCUT2D eigenvalue weighted by Gasteiger charge is 2.16. The first kappa shape index (κ1) is 15.0. The van der Waals surface area contributed by atoms with Gasteiger partial charge in [0.05, 0.1) is 0 Å². The maximum absolute atomic E-state index is 12.7. The van der Waals surface area contributed by atoms with Crippen molar-refractivity contribution >= 4 is 11.7 Å². The predicted molar refractivity (Wildman–Crippen MR) is 83.2 cm³/mol. The number of nitrogens with one attached hydrogen (secondary N) is 1. The molecule has 0 unspecified atom stereocenters. The number of aromatic nitrogens is 2. The molecule has 0 fully saturated rings. The van der Waals surface area contributed by atoms with E-state index in [1.807, 2.05) is 36.9 Å². The second-order valence-corrected chi connectivity index (χ2v) is 4.81. The van der Waals surface area contributed by atoms with Crippen molar-refractivity contribution in [3.05, 3.63) is 53.5 Å². The van der Waals surface area contributed by atoms with Gasteiger partial charge in [0.25, 0.3) is 5.91 Å². The largest absolute Gasteiger partial charge is 0.373 e. The molecule has 2 rings (SSSR count). The first-order valence-electron chi connectivity index (χ1n) is 6.98. The van der Waals surface area contributed by atoms with Gasteiger partial charge in [-0.25, -0.2) is 4.98 Å². The van der Waals surface area contributed by atoms with Crippen molar-refractivity contribution in [2.24, 2.45) is 0 Å². The van der Waals surface area contributed by atoms with Gasteiger partial charge in [0.2, 0.25) is 0 Å². The van der Waals surface area contributed by atoms with E-state index in [2.05, 4.69) is 15.3 Å². The summed E-state index contributed by atoms with van der Waals surface area (Å²) in [4.78, 5) is 22.8. The zero-order valence-corrected chi connectivity index (χ0v) is 12.6. The van der Waals surface area contributed by atoms with Gasteiger partial charge >= 0.3 is 0 Å². The van der Waals surface area contributed by atoms with Crippen molar-refractivity contribution in [3.8, 4) is 0 Å². The summed E-state index contributed by atoms with van der Waals surface area (Å²) in [6.07, 6.45) is 3.48. The first-order valence-corrected chi connectivity index (χ1v) is 6.98. The fourth-order valence-electron chi connectivity index (χ4n) is 2.14. The van der Waals surface area contributed by atoms with Crippen LogP contribution in [0.5, 0.6) is 0 Å². The van der Waals surface area contributed by atoms with Crippen molar-refractivity contribution in [1.82, 2.24) is 14.9 Å². The Morgan fingerprint density at radius 2 is 2.00 bits per heavy atom. The molecule has 0 atom stereocenters. The molecule has 0 radical (unpaired) electrons. The predicted octanol–water partition coefficient (Wildman–Crippen LogP) is 2.49. The van der Waals surface area contributed by atoms with Gasteiger partial charge in [0, 0.05) is 43.8 Å². The van der Waals surface area contributed by atoms with Gasteiger partial charge in [-0.3, -0.25) is 9.78 Å². The van der Waals surface area contributed by atoms with E-state index in [4.69, 9.17) is 0 Å². The fourth-order valence-corrected chi connectivity index (χ4v) is 2.14. The van der Waals surface area contributed by atoms with Crippen LogP contribution in [0.2, 0.25) is 0 Å². The average Bonchev–Trinajstić information content (AvgIpc) is 2.52. The third-order valence-corrected chi connectivity index (χ3v) is 3.25. The molecule has 110 valence electrons. The van der Waals surface area contributed by atoms with Crippen LogP contribution in [0.3, 0.4) is 0 Å². The van der Waals surface area contributed by atoms with Crippen LogP contribution in [-0.4, -0.2) is 34.4 Å². The zero-order chi connectivity index (χ0) is 15.2. The van der Waals surface area contributed by atoms with E-state index in [1.165, 1.54) is 0 Å². The van der Waals surface area contributed by atoms with Crippen molar-refractivity contribution in [2.45, 2.75) is 20.4 Å². The van der Waals surface area contributed by atoms with Crippen molar-refractivity contribution in [2.75, 3.05) is 18.9 Å². The molecule has 0 aromatic carbocycles. The molecule has 2 heterocycles. The van der Waals surface area contributed by atoms with Gasteiger partial charge in [0.15, 0.2) is 0 Å². The van der Waals surface area contributed by atoms with Crippen molar-refractivity contribution in [3.63, 3.8) is 0 Å². The average molecular weight is 284 g/mol. The molecule has 2 aromatic heterocycles. The Morgan fingerprint density at radius 1 is 1.29 bits per heavy atom. The molecule has 0 saturated heterocycles. The smallest absolute Gasteiger partial charge is 0.254 e. The summed E-state index contributed by atoms with van der Waals surface area (Å²) >= 11 is 0. The topological polar surface area (TPSA) is 58.1 Å². The second-order valence-electron chi connectivity index (χ2n) is 4.81. The third kappa shape index (κ3) is 3.78. The molecular weight excluding hydrogens is 264 g/mol. The molecule has 1 N–H and O–H groups in total. The zero-order valence-electron chi connectivity index (χ0n) is 12.6. The minimum absolute atomic E-state index is 0.0105. The third-order valence-electron chi connectivity index (χ3n) is 3.25. The van der Waals surface area contributed by atoms with Crippen LogP contribution in [0.4, 0.5) is 5.82 Å². The van der Waals surface area contributed by atoms with Crippen LogP contribution in [0, 0.1) is 6.92 Å². The molecule has 0 bridgehead atoms. The number of carbonyl (C=O) groups is 1. The molecule has 21 heavy (non-hydrogen) atoms. The van der Waals surface area contributed by atoms with Crippen LogP contribution >= 0.6 is 0 Å². The number of nitrogens with zero attached hydrogens (tertiary/aromatic N) is 3. The summed E-state index contributed by atoms with van der Waals surface area (Å²) in [5.74, 6) is 0.717. The molecule has 5 heteroatoms. The van der Waals surface area contributed by atoms with Crippen LogP contribution in [0.15, 0.2) is 36.7 Å². The van der Waals surface area contributed by atoms with E-state index in [9.17, 15) is 4.79 Å². The van der Waals surface area contributed by atoms with Crippen molar-refractivity contribution in [1.29, 1.82) is 0 Å². The van der Waals surface area contributed by atoms with E-state index in [1.54, 1.807) is 25.5 Å². The lowest BCUT2D eigenvalue weighted by Gasteiger charge is -2.21. The number of pyridine rings is 2. The first-order chi connectivity index (χ1) is 10.1. The number of hydrogen-bond donors (Lipinski definition) is 1. The quantitative estimate of drug-likeness (QED) is 0.916. The summed E-state index contributed by atoms with van der Waals surface area (Å²) in [6, 6.07) is 7.45. The minimum atomic E-state index is 0.0105. The van der Waals surface area contributed by atoms with Crippen LogP contribution < -0.4 is 5.32 Å². The maximum Gasteiger partial charge on any atom is 0.254 e. The van der Waals surface area contributed by atoms with Gasteiger partial charge in [0.1, 0.15) is 5.82 Å². The Hall–Kier alpha value is -2.43. The van der Waals surface area contributed by atoms with E-state index in [0.29, 0.717) is 24.5 Å². The summed E-state index contributed by atoms with van der Waals surface area (Å²) in [7, 11) is 1.80. The molecule has 5 nitrogen and oxygen atoms in total. The highest BCUT2D eigenvalue weighted by Crippen LogP contribution is 2.14. The van der Waals surface area contributed by atoms with Crippen molar-refractivity contribution < 1.29 is 4.79 Å². The number of carbonyl (C=O) groups excluding carboxylic acids is 1. The van der Waals surface area contributed by atoms with E-state index in [0.717, 1.165) is 11.3 Å². The summed E-state index contributed by atoms with van der Waals surface area (Å²) in [6.45, 7) is 5.09. The second kappa shape index (κ2) is 6.83. The molecule has 1 amide bonds. The number of aryl methyl sites for hydroxylation is 1. The SMILES string of the molecule is CCN(Cc1ccncc1)C(=O)c1cc(C)nc(NC)c1. The summed E-state index contributed by atoms with van der Waals surface area (Å²) in [5.41, 5.74) is 2.55. The Kier molecular flexibility index (Phi) is 4.87. The van der Waals surface area contributed by atoms with Crippen LogP contribution in [-0.2, 0) is 6.54 Å². The molecule has 0 spiro atoms. The fraction of sp³-hybridized carbons (Fsp3) is 0.312. The molecule has 2 aromatic rings. The van der Waals surface area contributed by atoms with Gasteiger partial charge in [-0.2, -0.15) is 0 Å². The Morgan fingerprint density at radius 3 is 2.62 bits per heavy atom. The van der Waals surface area contributed by atoms with E-state index < -0.39 is 0 Å². The maximum atomic E-state index is 12.7.